The summed E-state index contributed by atoms with van der Waals surface area (Å²) in [7, 11) is -3.41. The molecule has 0 fully saturated rings. The number of hydrogen-bond acceptors (Lipinski definition) is 4. The highest BCUT2D eigenvalue weighted by Crippen LogP contribution is 2.26. The molecule has 104 valence electrons. The van der Waals surface area contributed by atoms with E-state index >= 15 is 0 Å². The van der Waals surface area contributed by atoms with E-state index in [2.05, 4.69) is 22.0 Å². The van der Waals surface area contributed by atoms with Crippen LogP contribution in [0.5, 0.6) is 0 Å². The summed E-state index contributed by atoms with van der Waals surface area (Å²) >= 11 is 3.24. The van der Waals surface area contributed by atoms with Crippen LogP contribution in [-0.4, -0.2) is 14.2 Å². The van der Waals surface area contributed by atoms with E-state index in [0.29, 0.717) is 17.3 Å². The Morgan fingerprint density at radius 1 is 1.42 bits per heavy atom. The quantitative estimate of drug-likeness (QED) is 0.831. The topological polar surface area (TPSA) is 84.0 Å². The van der Waals surface area contributed by atoms with E-state index in [0.717, 1.165) is 0 Å². The number of benzene rings is 1. The number of nitrogen functional groups attached to an aromatic ring is 1. The summed E-state index contributed by atoms with van der Waals surface area (Å²) in [5.74, 6) is -0.00123. The number of nitriles is 1. The van der Waals surface area contributed by atoms with E-state index in [4.69, 9.17) is 11.0 Å². The van der Waals surface area contributed by atoms with Crippen LogP contribution >= 0.6 is 15.9 Å². The molecule has 0 saturated heterocycles. The summed E-state index contributed by atoms with van der Waals surface area (Å²) in [6, 6.07) is 6.94. The molecule has 0 aliphatic heterocycles. The van der Waals surface area contributed by atoms with Crippen molar-refractivity contribution in [1.82, 2.24) is 0 Å². The van der Waals surface area contributed by atoms with Gasteiger partial charge in [-0.15, -0.1) is 0 Å². The maximum absolute atomic E-state index is 12.2. The molecule has 0 amide bonds. The molecule has 0 heterocycles. The fourth-order valence-corrected chi connectivity index (χ4v) is 3.64. The van der Waals surface area contributed by atoms with Gasteiger partial charge in [0.25, 0.3) is 0 Å². The second-order valence-corrected chi connectivity index (χ2v) is 8.09. The molecule has 0 saturated carbocycles. The first-order valence-corrected chi connectivity index (χ1v) is 8.31. The molecule has 0 unspecified atom stereocenters. The van der Waals surface area contributed by atoms with Gasteiger partial charge in [0.15, 0.2) is 9.84 Å². The maximum atomic E-state index is 12.2. The van der Waals surface area contributed by atoms with Crippen molar-refractivity contribution in [3.8, 4) is 6.07 Å². The number of nitrogens with zero attached hydrogens (tertiary/aromatic N) is 1. The van der Waals surface area contributed by atoms with Crippen molar-refractivity contribution >= 4 is 31.5 Å². The van der Waals surface area contributed by atoms with E-state index in [1.54, 1.807) is 26.0 Å². The van der Waals surface area contributed by atoms with Crippen molar-refractivity contribution in [2.45, 2.75) is 31.6 Å². The molecule has 1 aromatic rings. The van der Waals surface area contributed by atoms with E-state index in [-0.39, 0.29) is 16.3 Å². The highest BCUT2D eigenvalue weighted by molar-refractivity contribution is 9.10. The Balaban J connectivity index is 2.83. The Hall–Kier alpha value is -1.06. The Morgan fingerprint density at radius 2 is 2.05 bits per heavy atom. The average Bonchev–Trinajstić information content (AvgIpc) is 2.31. The molecule has 6 heteroatoms. The molecule has 1 aromatic carbocycles. The molecule has 0 atom stereocenters. The lowest BCUT2D eigenvalue weighted by molar-refractivity contribution is 0.445. The van der Waals surface area contributed by atoms with E-state index < -0.39 is 15.3 Å². The Kier molecular flexibility index (Phi) is 4.99. The molecule has 4 nitrogen and oxygen atoms in total. The molecule has 0 radical (unpaired) electrons. The second-order valence-electron chi connectivity index (χ2n) is 5.10. The molecule has 0 aliphatic rings. The van der Waals surface area contributed by atoms with Crippen LogP contribution in [0.25, 0.3) is 0 Å². The first kappa shape index (κ1) is 16.0. The highest BCUT2D eigenvalue weighted by Gasteiger charge is 2.21. The highest BCUT2D eigenvalue weighted by atomic mass is 79.9. The second kappa shape index (κ2) is 5.93. The van der Waals surface area contributed by atoms with Gasteiger partial charge in [-0.1, -0.05) is 15.9 Å². The minimum absolute atomic E-state index is 0.00123. The predicted molar refractivity (Wildman–Crippen MR) is 79.2 cm³/mol. The van der Waals surface area contributed by atoms with Crippen molar-refractivity contribution in [3.63, 3.8) is 0 Å². The van der Waals surface area contributed by atoms with Crippen LogP contribution in [0.15, 0.2) is 27.6 Å². The summed E-state index contributed by atoms with van der Waals surface area (Å²) in [5.41, 5.74) is 5.46. The third kappa shape index (κ3) is 4.51. The predicted octanol–water partition coefficient (Wildman–Crippen LogP) is 3.13. The molecule has 19 heavy (non-hydrogen) atoms. The lowest BCUT2D eigenvalue weighted by Crippen LogP contribution is -2.13. The molecule has 0 aliphatic carbocycles. The zero-order valence-electron chi connectivity index (χ0n) is 11.0. The van der Waals surface area contributed by atoms with Crippen LogP contribution in [0, 0.1) is 16.7 Å². The standard InChI is InChI=1S/C13H17BrN2O2S/c1-13(2,9-15)6-3-7-19(17,18)12-8-10(14)4-5-11(12)16/h4-5,8H,3,6-7,16H2,1-2H3. The van der Waals surface area contributed by atoms with Gasteiger partial charge in [0.1, 0.15) is 0 Å². The fraction of sp³-hybridized carbons (Fsp3) is 0.462. The van der Waals surface area contributed by atoms with Crippen molar-refractivity contribution in [2.24, 2.45) is 5.41 Å². The molecular weight excluding hydrogens is 328 g/mol. The van der Waals surface area contributed by atoms with E-state index in [1.807, 2.05) is 0 Å². The molecule has 0 aromatic heterocycles. The van der Waals surface area contributed by atoms with Gasteiger partial charge in [0, 0.05) is 4.47 Å². The Morgan fingerprint density at radius 3 is 2.63 bits per heavy atom. The van der Waals surface area contributed by atoms with Gasteiger partial charge in [-0.3, -0.25) is 0 Å². The van der Waals surface area contributed by atoms with Gasteiger partial charge in [0.2, 0.25) is 0 Å². The van der Waals surface area contributed by atoms with Crippen LogP contribution in [-0.2, 0) is 9.84 Å². The summed E-state index contributed by atoms with van der Waals surface area (Å²) < 4.78 is 25.1. The molecule has 2 N–H and O–H groups in total. The Bertz CT molecular complexity index is 604. The van der Waals surface area contributed by atoms with Gasteiger partial charge in [-0.25, -0.2) is 8.42 Å². The maximum Gasteiger partial charge on any atom is 0.180 e. The summed E-state index contributed by atoms with van der Waals surface area (Å²) in [6.07, 6.45) is 0.978. The van der Waals surface area contributed by atoms with Gasteiger partial charge >= 0.3 is 0 Å². The van der Waals surface area contributed by atoms with Gasteiger partial charge in [-0.05, 0) is 44.9 Å². The van der Waals surface area contributed by atoms with Crippen LogP contribution in [0.1, 0.15) is 26.7 Å². The van der Waals surface area contributed by atoms with E-state index in [9.17, 15) is 8.42 Å². The number of sulfone groups is 1. The zero-order chi connectivity index (χ0) is 14.7. The largest absolute Gasteiger partial charge is 0.398 e. The first-order chi connectivity index (χ1) is 8.68. The average molecular weight is 345 g/mol. The minimum Gasteiger partial charge on any atom is -0.398 e. The SMILES string of the molecule is CC(C)(C#N)CCCS(=O)(=O)c1cc(Br)ccc1N. The summed E-state index contributed by atoms with van der Waals surface area (Å²) in [4.78, 5) is 0.150. The van der Waals surface area contributed by atoms with Gasteiger partial charge in [0.05, 0.1) is 27.8 Å². The fourth-order valence-electron chi connectivity index (χ4n) is 1.65. The molecule has 1 rings (SSSR count). The van der Waals surface area contributed by atoms with Crippen molar-refractivity contribution < 1.29 is 8.42 Å². The van der Waals surface area contributed by atoms with Crippen LogP contribution in [0.4, 0.5) is 5.69 Å². The van der Waals surface area contributed by atoms with Crippen molar-refractivity contribution in [3.05, 3.63) is 22.7 Å². The number of rotatable bonds is 5. The number of anilines is 1. The third-order valence-corrected chi connectivity index (χ3v) is 5.17. The van der Waals surface area contributed by atoms with Crippen LogP contribution in [0.2, 0.25) is 0 Å². The number of hydrogen-bond donors (Lipinski definition) is 1. The van der Waals surface area contributed by atoms with Crippen molar-refractivity contribution in [2.75, 3.05) is 11.5 Å². The Labute approximate surface area is 122 Å². The third-order valence-electron chi connectivity index (χ3n) is 2.83. The minimum atomic E-state index is -3.41. The monoisotopic (exact) mass is 344 g/mol. The lowest BCUT2D eigenvalue weighted by atomic mass is 9.90. The number of halogens is 1. The summed E-state index contributed by atoms with van der Waals surface area (Å²) in [5, 5.41) is 8.90. The normalized spacial score (nSPS) is 12.1. The number of nitrogens with two attached hydrogens (primary N) is 1. The van der Waals surface area contributed by atoms with Crippen LogP contribution in [0.3, 0.4) is 0 Å². The van der Waals surface area contributed by atoms with Gasteiger partial charge < -0.3 is 5.73 Å². The molecular formula is C13H17BrN2O2S. The zero-order valence-corrected chi connectivity index (χ0v) is 13.4. The lowest BCUT2D eigenvalue weighted by Gasteiger charge is -2.14. The van der Waals surface area contributed by atoms with Crippen molar-refractivity contribution in [1.29, 1.82) is 5.26 Å². The van der Waals surface area contributed by atoms with E-state index in [1.165, 1.54) is 6.07 Å². The molecule has 0 spiro atoms. The van der Waals surface area contributed by atoms with Crippen LogP contribution < -0.4 is 5.73 Å². The summed E-state index contributed by atoms with van der Waals surface area (Å²) in [6.45, 7) is 3.60. The van der Waals surface area contributed by atoms with Gasteiger partial charge in [-0.2, -0.15) is 5.26 Å². The first-order valence-electron chi connectivity index (χ1n) is 5.87. The molecule has 0 bridgehead atoms. The smallest absolute Gasteiger partial charge is 0.180 e.